The summed E-state index contributed by atoms with van der Waals surface area (Å²) in [7, 11) is 0. The van der Waals surface area contributed by atoms with E-state index in [2.05, 4.69) is 30.3 Å². The quantitative estimate of drug-likeness (QED) is 0.434. The van der Waals surface area contributed by atoms with Crippen LogP contribution < -0.4 is 17.3 Å². The van der Waals surface area contributed by atoms with Crippen LogP contribution in [0.15, 0.2) is 30.3 Å². The van der Waals surface area contributed by atoms with E-state index in [1.165, 1.54) is 5.69 Å². The van der Waals surface area contributed by atoms with Crippen molar-refractivity contribution in [2.45, 2.75) is 0 Å². The fourth-order valence-electron chi connectivity index (χ4n) is 1.79. The van der Waals surface area contributed by atoms with Gasteiger partial charge in [0.05, 0.1) is 13.1 Å². The maximum atomic E-state index is 5.71. The number of rotatable bonds is 11. The molecule has 0 radical (unpaired) electrons. The number of hydrogen-bond acceptors (Lipinski definition) is 2. The summed E-state index contributed by atoms with van der Waals surface area (Å²) in [5.74, 6) is 5.91. The molecule has 0 aliphatic heterocycles. The zero-order chi connectivity index (χ0) is 13.8. The van der Waals surface area contributed by atoms with Crippen LogP contribution in [0.5, 0.6) is 0 Å². The van der Waals surface area contributed by atoms with Crippen LogP contribution in [-0.2, 0) is 0 Å². The first-order chi connectivity index (χ1) is 9.38. The SMILES string of the molecule is ClCCSCC[NH+](CCSCCCl)c1ccccc1.[Cl-]. The van der Waals surface area contributed by atoms with Gasteiger partial charge in [0.2, 0.25) is 0 Å². The average molecular weight is 375 g/mol. The lowest BCUT2D eigenvalue weighted by molar-refractivity contribution is -0.826. The Kier molecular flexibility index (Phi) is 15.2. The number of thioether (sulfide) groups is 2. The van der Waals surface area contributed by atoms with Crippen LogP contribution in [0.3, 0.4) is 0 Å². The second-order valence-electron chi connectivity index (χ2n) is 4.07. The molecule has 0 aromatic heterocycles. The van der Waals surface area contributed by atoms with E-state index < -0.39 is 0 Å². The van der Waals surface area contributed by atoms with Gasteiger partial charge in [-0.05, 0) is 12.1 Å². The molecule has 0 spiro atoms. The van der Waals surface area contributed by atoms with E-state index in [1.54, 1.807) is 4.90 Å². The van der Waals surface area contributed by atoms with Crippen molar-refractivity contribution in [2.24, 2.45) is 0 Å². The van der Waals surface area contributed by atoms with Crippen LogP contribution in [0.4, 0.5) is 5.69 Å². The molecule has 0 saturated heterocycles. The van der Waals surface area contributed by atoms with E-state index in [-0.39, 0.29) is 12.4 Å². The number of benzene rings is 1. The van der Waals surface area contributed by atoms with Gasteiger partial charge in [-0.3, -0.25) is 0 Å². The van der Waals surface area contributed by atoms with Gasteiger partial charge in [-0.15, -0.1) is 23.2 Å². The van der Waals surface area contributed by atoms with E-state index >= 15 is 0 Å². The van der Waals surface area contributed by atoms with E-state index in [0.717, 1.165) is 47.9 Å². The molecular formula is C14H22Cl3NS2. The van der Waals surface area contributed by atoms with Gasteiger partial charge in [0.25, 0.3) is 0 Å². The first kappa shape index (κ1) is 20.8. The monoisotopic (exact) mass is 373 g/mol. The third-order valence-corrected chi connectivity index (χ3v) is 5.52. The molecule has 0 saturated carbocycles. The second-order valence-corrected chi connectivity index (χ2v) is 7.28. The maximum absolute atomic E-state index is 5.71. The summed E-state index contributed by atoms with van der Waals surface area (Å²) in [4.78, 5) is 1.56. The summed E-state index contributed by atoms with van der Waals surface area (Å²) < 4.78 is 0. The molecular weight excluding hydrogens is 353 g/mol. The Hall–Kier alpha value is 0.750. The standard InChI is InChI=1S/C14H21Cl2NS2.ClH/c15-6-10-18-12-8-17(9-13-19-11-7-16)14-4-2-1-3-5-14;/h1-5H,6-13H2;1H. The van der Waals surface area contributed by atoms with Crippen molar-refractivity contribution < 1.29 is 17.3 Å². The lowest BCUT2D eigenvalue weighted by Gasteiger charge is -2.18. The highest BCUT2D eigenvalue weighted by Crippen LogP contribution is 2.03. The fourth-order valence-corrected chi connectivity index (χ4v) is 3.85. The van der Waals surface area contributed by atoms with Crippen LogP contribution in [-0.4, -0.2) is 47.9 Å². The Balaban J connectivity index is 0.00000361. The Morgan fingerprint density at radius 1 is 0.800 bits per heavy atom. The highest BCUT2D eigenvalue weighted by molar-refractivity contribution is 7.99. The minimum Gasteiger partial charge on any atom is -1.00 e. The molecule has 0 aliphatic rings. The normalized spacial score (nSPS) is 10.6. The van der Waals surface area contributed by atoms with Gasteiger partial charge in [-0.1, -0.05) is 18.2 Å². The summed E-state index contributed by atoms with van der Waals surface area (Å²) in [6.07, 6.45) is 0. The minimum atomic E-state index is 0. The summed E-state index contributed by atoms with van der Waals surface area (Å²) in [6, 6.07) is 10.7. The van der Waals surface area contributed by atoms with Crippen molar-refractivity contribution in [2.75, 3.05) is 47.9 Å². The van der Waals surface area contributed by atoms with Crippen molar-refractivity contribution in [3.63, 3.8) is 0 Å². The third-order valence-electron chi connectivity index (χ3n) is 2.72. The number of nitrogens with one attached hydrogen (secondary N) is 1. The molecule has 1 nitrogen and oxygen atoms in total. The second kappa shape index (κ2) is 14.7. The summed E-state index contributed by atoms with van der Waals surface area (Å²) in [5, 5.41) is 0. The average Bonchev–Trinajstić information content (AvgIpc) is 2.46. The molecule has 6 heteroatoms. The van der Waals surface area contributed by atoms with Crippen LogP contribution in [0.1, 0.15) is 0 Å². The largest absolute Gasteiger partial charge is 1.00 e. The number of quaternary nitrogens is 1. The Morgan fingerprint density at radius 2 is 1.30 bits per heavy atom. The van der Waals surface area contributed by atoms with Gasteiger partial charge in [0, 0.05) is 34.8 Å². The predicted molar refractivity (Wildman–Crippen MR) is 92.9 cm³/mol. The zero-order valence-corrected chi connectivity index (χ0v) is 15.4. The Morgan fingerprint density at radius 3 is 1.75 bits per heavy atom. The van der Waals surface area contributed by atoms with Crippen molar-refractivity contribution >= 4 is 52.4 Å². The number of hydrogen-bond donors (Lipinski definition) is 1. The minimum absolute atomic E-state index is 0. The molecule has 1 rings (SSSR count). The summed E-state index contributed by atoms with van der Waals surface area (Å²) in [6.45, 7) is 2.32. The molecule has 20 heavy (non-hydrogen) atoms. The van der Waals surface area contributed by atoms with E-state index in [1.807, 2.05) is 23.5 Å². The first-order valence-electron chi connectivity index (χ1n) is 6.56. The molecule has 0 heterocycles. The molecule has 0 fully saturated rings. The number of alkyl halides is 2. The molecule has 1 aromatic rings. The van der Waals surface area contributed by atoms with E-state index in [9.17, 15) is 0 Å². The lowest BCUT2D eigenvalue weighted by atomic mass is 10.3. The molecule has 0 atom stereocenters. The van der Waals surface area contributed by atoms with Gasteiger partial charge >= 0.3 is 0 Å². The van der Waals surface area contributed by atoms with Gasteiger partial charge in [0.1, 0.15) is 5.69 Å². The van der Waals surface area contributed by atoms with Crippen LogP contribution in [0.2, 0.25) is 0 Å². The molecule has 1 aromatic carbocycles. The highest BCUT2D eigenvalue weighted by atomic mass is 35.5. The molecule has 0 aliphatic carbocycles. The third kappa shape index (κ3) is 9.64. The predicted octanol–water partition coefficient (Wildman–Crippen LogP) is 0.151. The smallest absolute Gasteiger partial charge is 0.131 e. The molecule has 1 N–H and O–H groups in total. The Bertz CT molecular complexity index is 303. The van der Waals surface area contributed by atoms with Crippen molar-refractivity contribution in [1.82, 2.24) is 0 Å². The molecule has 0 unspecified atom stereocenters. The van der Waals surface area contributed by atoms with Crippen LogP contribution >= 0.6 is 46.7 Å². The Labute approximate surface area is 147 Å². The van der Waals surface area contributed by atoms with Crippen molar-refractivity contribution in [3.8, 4) is 0 Å². The number of para-hydroxylation sites is 1. The topological polar surface area (TPSA) is 4.44 Å². The van der Waals surface area contributed by atoms with E-state index in [0.29, 0.717) is 0 Å². The van der Waals surface area contributed by atoms with Crippen molar-refractivity contribution in [1.29, 1.82) is 0 Å². The highest BCUT2D eigenvalue weighted by Gasteiger charge is 2.11. The van der Waals surface area contributed by atoms with E-state index in [4.69, 9.17) is 23.2 Å². The fraction of sp³-hybridized carbons (Fsp3) is 0.571. The number of halogens is 3. The van der Waals surface area contributed by atoms with Gasteiger partial charge in [-0.2, -0.15) is 23.5 Å². The van der Waals surface area contributed by atoms with Crippen LogP contribution in [0, 0.1) is 0 Å². The van der Waals surface area contributed by atoms with Gasteiger partial charge in [0.15, 0.2) is 0 Å². The summed E-state index contributed by atoms with van der Waals surface area (Å²) >= 11 is 15.3. The van der Waals surface area contributed by atoms with Gasteiger partial charge in [-0.25, -0.2) is 0 Å². The first-order valence-corrected chi connectivity index (χ1v) is 9.94. The summed E-state index contributed by atoms with van der Waals surface area (Å²) in [5.41, 5.74) is 1.39. The van der Waals surface area contributed by atoms with Crippen LogP contribution in [0.25, 0.3) is 0 Å². The molecule has 116 valence electrons. The van der Waals surface area contributed by atoms with Crippen molar-refractivity contribution in [3.05, 3.63) is 30.3 Å². The molecule has 0 bridgehead atoms. The maximum Gasteiger partial charge on any atom is 0.131 e. The lowest BCUT2D eigenvalue weighted by Crippen LogP contribution is -3.08. The van der Waals surface area contributed by atoms with Gasteiger partial charge < -0.3 is 17.3 Å². The zero-order valence-electron chi connectivity index (χ0n) is 11.5. The molecule has 0 amide bonds.